The Morgan fingerprint density at radius 3 is 2.64 bits per heavy atom. The number of rotatable bonds is 7. The minimum absolute atomic E-state index is 0.0984. The van der Waals surface area contributed by atoms with E-state index in [-0.39, 0.29) is 23.9 Å². The average Bonchev–Trinajstić information content (AvgIpc) is 3.33. The second-order valence-corrected chi connectivity index (χ2v) is 8.11. The summed E-state index contributed by atoms with van der Waals surface area (Å²) in [5.41, 5.74) is 3.67. The van der Waals surface area contributed by atoms with E-state index in [1.807, 2.05) is 12.1 Å². The summed E-state index contributed by atoms with van der Waals surface area (Å²) in [7, 11) is -3.63. The number of aromatic nitrogens is 2. The highest BCUT2D eigenvalue weighted by Gasteiger charge is 2.16. The van der Waals surface area contributed by atoms with Gasteiger partial charge in [0.25, 0.3) is 5.88 Å². The van der Waals surface area contributed by atoms with Crippen LogP contribution in [0.25, 0.3) is 11.1 Å². The van der Waals surface area contributed by atoms with Crippen LogP contribution < -0.4 is 14.2 Å². The Balaban J connectivity index is 1.39. The van der Waals surface area contributed by atoms with Crippen LogP contribution in [-0.2, 0) is 16.4 Å². The van der Waals surface area contributed by atoms with Gasteiger partial charge in [0.1, 0.15) is 18.1 Å². The maximum atomic E-state index is 12.4. The molecule has 0 spiro atoms. The predicted octanol–water partition coefficient (Wildman–Crippen LogP) is 2.34. The summed E-state index contributed by atoms with van der Waals surface area (Å²) in [6, 6.07) is 12.8. The third-order valence-corrected chi connectivity index (χ3v) is 5.91. The first-order valence-corrected chi connectivity index (χ1v) is 10.3. The Labute approximate surface area is 162 Å². The zero-order valence-corrected chi connectivity index (χ0v) is 16.0. The van der Waals surface area contributed by atoms with Crippen LogP contribution in [0.1, 0.15) is 11.3 Å². The normalized spacial score (nSPS) is 13.2. The lowest BCUT2D eigenvalue weighted by Gasteiger charge is -2.09. The lowest BCUT2D eigenvalue weighted by molar-refractivity contribution is 0.258. The fraction of sp³-hybridized carbons (Fsp3) is 0.263. The molecule has 2 aromatic carbocycles. The first kappa shape index (κ1) is 18.5. The van der Waals surface area contributed by atoms with Gasteiger partial charge in [-0.1, -0.05) is 23.4 Å². The Kier molecular flexibility index (Phi) is 5.01. The van der Waals surface area contributed by atoms with Gasteiger partial charge in [-0.2, -0.15) is 0 Å². The summed E-state index contributed by atoms with van der Waals surface area (Å²) in [5, 5.41) is 7.16. The van der Waals surface area contributed by atoms with E-state index in [1.165, 1.54) is 5.56 Å². The number of aryl methyl sites for hydroxylation is 1. The SMILES string of the molecule is Cc1nonc1OCCNS(=O)(=O)c1ccc(-c2ccc3c(c2)CCO3)cc1. The van der Waals surface area contributed by atoms with Crippen LogP contribution in [0.15, 0.2) is 52.0 Å². The first-order chi connectivity index (χ1) is 13.5. The van der Waals surface area contributed by atoms with Crippen molar-refractivity contribution in [2.45, 2.75) is 18.2 Å². The number of benzene rings is 2. The molecule has 0 saturated heterocycles. The molecular formula is C19H19N3O5S. The summed E-state index contributed by atoms with van der Waals surface area (Å²) < 4.78 is 42.7. The maximum absolute atomic E-state index is 12.4. The number of nitrogens with one attached hydrogen (secondary N) is 1. The van der Waals surface area contributed by atoms with Crippen LogP contribution in [0.5, 0.6) is 11.6 Å². The monoisotopic (exact) mass is 401 g/mol. The molecule has 0 bridgehead atoms. The fourth-order valence-electron chi connectivity index (χ4n) is 2.95. The van der Waals surface area contributed by atoms with Crippen molar-refractivity contribution in [1.29, 1.82) is 0 Å². The van der Waals surface area contributed by atoms with Crippen molar-refractivity contribution in [3.8, 4) is 22.8 Å². The van der Waals surface area contributed by atoms with Gasteiger partial charge in [0.15, 0.2) is 0 Å². The Hall–Kier alpha value is -2.91. The van der Waals surface area contributed by atoms with E-state index in [9.17, 15) is 8.42 Å². The number of hydrogen-bond acceptors (Lipinski definition) is 7. The third kappa shape index (κ3) is 3.85. The largest absolute Gasteiger partial charge is 0.493 e. The molecule has 1 aliphatic heterocycles. The van der Waals surface area contributed by atoms with Crippen LogP contribution in [-0.4, -0.2) is 38.5 Å². The molecule has 4 rings (SSSR count). The minimum Gasteiger partial charge on any atom is -0.493 e. The van der Waals surface area contributed by atoms with Gasteiger partial charge in [-0.15, -0.1) is 0 Å². The number of fused-ring (bicyclic) bond motifs is 1. The predicted molar refractivity (Wildman–Crippen MR) is 101 cm³/mol. The van der Waals surface area contributed by atoms with Gasteiger partial charge >= 0.3 is 0 Å². The standard InChI is InChI=1S/C19H19N3O5S/c1-13-19(22-27-21-13)26-11-9-20-28(23,24)17-5-2-14(3-6-17)15-4-7-18-16(12-15)8-10-25-18/h2-7,12,20H,8-11H2,1H3. The van der Waals surface area contributed by atoms with Crippen molar-refractivity contribution in [3.05, 3.63) is 53.7 Å². The number of sulfonamides is 1. The van der Waals surface area contributed by atoms with E-state index in [4.69, 9.17) is 9.47 Å². The third-order valence-electron chi connectivity index (χ3n) is 4.43. The van der Waals surface area contributed by atoms with Crippen LogP contribution in [0, 0.1) is 6.92 Å². The minimum atomic E-state index is -3.63. The van der Waals surface area contributed by atoms with Gasteiger partial charge in [0, 0.05) is 13.0 Å². The zero-order valence-electron chi connectivity index (χ0n) is 15.2. The van der Waals surface area contributed by atoms with Gasteiger partial charge in [-0.05, 0) is 53.0 Å². The van der Waals surface area contributed by atoms with Crippen molar-refractivity contribution in [3.63, 3.8) is 0 Å². The van der Waals surface area contributed by atoms with Crippen molar-refractivity contribution in [2.75, 3.05) is 19.8 Å². The van der Waals surface area contributed by atoms with Gasteiger partial charge in [-0.3, -0.25) is 0 Å². The molecular weight excluding hydrogens is 382 g/mol. The molecule has 0 aliphatic carbocycles. The van der Waals surface area contributed by atoms with Crippen molar-refractivity contribution in [1.82, 2.24) is 15.0 Å². The van der Waals surface area contributed by atoms with E-state index >= 15 is 0 Å². The van der Waals surface area contributed by atoms with Gasteiger partial charge < -0.3 is 9.47 Å². The molecule has 0 fully saturated rings. The number of hydrogen-bond donors (Lipinski definition) is 1. The highest BCUT2D eigenvalue weighted by atomic mass is 32.2. The highest BCUT2D eigenvalue weighted by molar-refractivity contribution is 7.89. The molecule has 1 aromatic heterocycles. The Morgan fingerprint density at radius 2 is 1.89 bits per heavy atom. The number of ether oxygens (including phenoxy) is 2. The van der Waals surface area contributed by atoms with E-state index in [0.717, 1.165) is 23.3 Å². The Morgan fingerprint density at radius 1 is 1.11 bits per heavy atom. The van der Waals surface area contributed by atoms with Gasteiger partial charge in [0.2, 0.25) is 10.0 Å². The maximum Gasteiger partial charge on any atom is 0.278 e. The van der Waals surface area contributed by atoms with Crippen LogP contribution in [0.4, 0.5) is 0 Å². The molecule has 0 amide bonds. The van der Waals surface area contributed by atoms with Crippen LogP contribution in [0.3, 0.4) is 0 Å². The molecule has 9 heteroatoms. The zero-order chi connectivity index (χ0) is 19.6. The molecule has 28 heavy (non-hydrogen) atoms. The molecule has 0 saturated carbocycles. The second kappa shape index (κ2) is 7.61. The van der Waals surface area contributed by atoms with E-state index < -0.39 is 10.0 Å². The fourth-order valence-corrected chi connectivity index (χ4v) is 3.97. The molecule has 146 valence electrons. The lowest BCUT2D eigenvalue weighted by Crippen LogP contribution is -2.28. The summed E-state index contributed by atoms with van der Waals surface area (Å²) in [6.07, 6.45) is 0.894. The molecule has 1 aliphatic rings. The van der Waals surface area contributed by atoms with Crippen LogP contribution >= 0.6 is 0 Å². The molecule has 3 aromatic rings. The van der Waals surface area contributed by atoms with Gasteiger partial charge in [-0.25, -0.2) is 17.8 Å². The lowest BCUT2D eigenvalue weighted by atomic mass is 10.0. The summed E-state index contributed by atoms with van der Waals surface area (Å²) in [4.78, 5) is 0.194. The van der Waals surface area contributed by atoms with Crippen molar-refractivity contribution < 1.29 is 22.5 Å². The van der Waals surface area contributed by atoms with Crippen molar-refractivity contribution >= 4 is 10.0 Å². The molecule has 0 unspecified atom stereocenters. The Bertz CT molecular complexity index is 1080. The second-order valence-electron chi connectivity index (χ2n) is 6.35. The molecule has 1 N–H and O–H groups in total. The topological polar surface area (TPSA) is 104 Å². The number of nitrogens with zero attached hydrogens (tertiary/aromatic N) is 2. The smallest absolute Gasteiger partial charge is 0.278 e. The van der Waals surface area contributed by atoms with Crippen LogP contribution in [0.2, 0.25) is 0 Å². The highest BCUT2D eigenvalue weighted by Crippen LogP contribution is 2.30. The molecule has 0 radical (unpaired) electrons. The summed E-state index contributed by atoms with van der Waals surface area (Å²) >= 11 is 0. The quantitative estimate of drug-likeness (QED) is 0.606. The first-order valence-electron chi connectivity index (χ1n) is 8.81. The molecule has 0 atom stereocenters. The van der Waals surface area contributed by atoms with Crippen molar-refractivity contribution in [2.24, 2.45) is 0 Å². The molecule has 2 heterocycles. The van der Waals surface area contributed by atoms with E-state index in [0.29, 0.717) is 12.3 Å². The van der Waals surface area contributed by atoms with E-state index in [2.05, 4.69) is 25.7 Å². The van der Waals surface area contributed by atoms with Gasteiger partial charge in [0.05, 0.1) is 11.5 Å². The average molecular weight is 401 g/mol. The van der Waals surface area contributed by atoms with E-state index in [1.54, 1.807) is 31.2 Å². The summed E-state index contributed by atoms with van der Waals surface area (Å²) in [5.74, 6) is 1.18. The molecule has 8 nitrogen and oxygen atoms in total. The summed E-state index contributed by atoms with van der Waals surface area (Å²) in [6.45, 7) is 2.61.